The van der Waals surface area contributed by atoms with Gasteiger partial charge in [0.15, 0.2) is 0 Å². The second-order valence-corrected chi connectivity index (χ2v) is 7.72. The van der Waals surface area contributed by atoms with Gasteiger partial charge in [0.1, 0.15) is 5.82 Å². The van der Waals surface area contributed by atoms with Gasteiger partial charge in [-0.1, -0.05) is 27.7 Å². The largest absolute Gasteiger partial charge is 0.354 e. The van der Waals surface area contributed by atoms with Crippen LogP contribution in [0, 0.1) is 5.92 Å². The Morgan fingerprint density at radius 3 is 2.47 bits per heavy atom. The molecular formula is C14H26N4S. The molecule has 0 unspecified atom stereocenters. The summed E-state index contributed by atoms with van der Waals surface area (Å²) >= 11 is 1.46. The van der Waals surface area contributed by atoms with Crippen LogP contribution in [0.3, 0.4) is 0 Å². The van der Waals surface area contributed by atoms with E-state index < -0.39 is 0 Å². The molecule has 1 fully saturated rings. The van der Waals surface area contributed by atoms with Gasteiger partial charge < -0.3 is 11.1 Å². The standard InChI is InChI=1S/C14H26N4S/c1-10-5-7-14(9-15,8-6-10)17-12-16-11(18-19-12)13(2,3)4/h10H,5-9,15H2,1-4H3,(H,16,17,18). The number of hydrogen-bond donors (Lipinski definition) is 2. The third-order valence-corrected chi connectivity index (χ3v) is 4.72. The van der Waals surface area contributed by atoms with Crippen molar-refractivity contribution in [2.45, 2.75) is 64.3 Å². The zero-order valence-electron chi connectivity index (χ0n) is 12.5. The summed E-state index contributed by atoms with van der Waals surface area (Å²) in [7, 11) is 0. The minimum absolute atomic E-state index is 0.00733. The minimum atomic E-state index is 0.00733. The van der Waals surface area contributed by atoms with Gasteiger partial charge in [-0.25, -0.2) is 4.98 Å². The van der Waals surface area contributed by atoms with Crippen LogP contribution in [-0.4, -0.2) is 21.4 Å². The van der Waals surface area contributed by atoms with Crippen LogP contribution in [0.15, 0.2) is 0 Å². The number of hydrogen-bond acceptors (Lipinski definition) is 5. The first-order valence-corrected chi connectivity index (χ1v) is 7.94. The highest BCUT2D eigenvalue weighted by molar-refractivity contribution is 7.09. The number of anilines is 1. The van der Waals surface area contributed by atoms with Gasteiger partial charge in [0.25, 0.3) is 0 Å². The molecule has 2 rings (SSSR count). The number of nitrogens with two attached hydrogens (primary N) is 1. The molecule has 0 aliphatic heterocycles. The molecule has 4 nitrogen and oxygen atoms in total. The van der Waals surface area contributed by atoms with E-state index in [0.29, 0.717) is 6.54 Å². The number of rotatable bonds is 3. The molecule has 5 heteroatoms. The Morgan fingerprint density at radius 2 is 2.00 bits per heavy atom. The van der Waals surface area contributed by atoms with Gasteiger partial charge in [0, 0.05) is 23.5 Å². The molecule has 108 valence electrons. The molecule has 0 aromatic carbocycles. The lowest BCUT2D eigenvalue weighted by atomic mass is 9.77. The molecule has 1 aliphatic carbocycles. The summed E-state index contributed by atoms with van der Waals surface area (Å²) < 4.78 is 4.46. The summed E-state index contributed by atoms with van der Waals surface area (Å²) in [4.78, 5) is 4.63. The van der Waals surface area contributed by atoms with Crippen molar-refractivity contribution in [2.24, 2.45) is 11.7 Å². The molecule has 0 saturated heterocycles. The van der Waals surface area contributed by atoms with Crippen LogP contribution in [0.1, 0.15) is 59.2 Å². The quantitative estimate of drug-likeness (QED) is 0.894. The van der Waals surface area contributed by atoms with Gasteiger partial charge in [-0.15, -0.1) is 0 Å². The fraction of sp³-hybridized carbons (Fsp3) is 0.857. The monoisotopic (exact) mass is 282 g/mol. The topological polar surface area (TPSA) is 63.8 Å². The maximum absolute atomic E-state index is 6.02. The molecule has 0 bridgehead atoms. The van der Waals surface area contributed by atoms with Crippen LogP contribution in [0.5, 0.6) is 0 Å². The average molecular weight is 282 g/mol. The lowest BCUT2D eigenvalue weighted by Gasteiger charge is -2.39. The van der Waals surface area contributed by atoms with Crippen LogP contribution in [0.25, 0.3) is 0 Å². The zero-order chi connectivity index (χ0) is 14.1. The van der Waals surface area contributed by atoms with Gasteiger partial charge in [0.2, 0.25) is 5.13 Å². The predicted molar refractivity (Wildman–Crippen MR) is 81.6 cm³/mol. The highest BCUT2D eigenvalue weighted by Gasteiger charge is 2.34. The highest BCUT2D eigenvalue weighted by atomic mass is 32.1. The molecule has 0 amide bonds. The minimum Gasteiger partial charge on any atom is -0.354 e. The molecule has 0 radical (unpaired) electrons. The molecule has 0 spiro atoms. The van der Waals surface area contributed by atoms with Crippen LogP contribution in [-0.2, 0) is 5.41 Å². The average Bonchev–Trinajstić information content (AvgIpc) is 2.81. The number of nitrogens with zero attached hydrogens (tertiary/aromatic N) is 2. The number of aromatic nitrogens is 2. The van der Waals surface area contributed by atoms with Crippen molar-refractivity contribution in [3.63, 3.8) is 0 Å². The van der Waals surface area contributed by atoms with Crippen molar-refractivity contribution in [1.82, 2.24) is 9.36 Å². The van der Waals surface area contributed by atoms with Crippen molar-refractivity contribution in [3.8, 4) is 0 Å². The molecule has 1 aromatic heterocycles. The Labute approximate surface area is 120 Å². The fourth-order valence-electron chi connectivity index (χ4n) is 2.50. The van der Waals surface area contributed by atoms with Crippen molar-refractivity contribution in [3.05, 3.63) is 5.82 Å². The van der Waals surface area contributed by atoms with E-state index in [1.807, 2.05) is 0 Å². The third kappa shape index (κ3) is 3.45. The SMILES string of the molecule is CC1CCC(CN)(Nc2nc(C(C)(C)C)ns2)CC1. The Balaban J connectivity index is 2.08. The molecule has 1 saturated carbocycles. The first-order valence-electron chi connectivity index (χ1n) is 7.17. The van der Waals surface area contributed by atoms with Crippen LogP contribution in [0.2, 0.25) is 0 Å². The van der Waals surface area contributed by atoms with E-state index in [-0.39, 0.29) is 11.0 Å². The van der Waals surface area contributed by atoms with Crippen molar-refractivity contribution in [2.75, 3.05) is 11.9 Å². The van der Waals surface area contributed by atoms with Crippen LogP contribution >= 0.6 is 11.5 Å². The van der Waals surface area contributed by atoms with E-state index in [1.54, 1.807) is 0 Å². The smallest absolute Gasteiger partial charge is 0.203 e. The summed E-state index contributed by atoms with van der Waals surface area (Å²) in [6.07, 6.45) is 4.76. The lowest BCUT2D eigenvalue weighted by Crippen LogP contribution is -2.48. The van der Waals surface area contributed by atoms with E-state index in [4.69, 9.17) is 5.73 Å². The first-order chi connectivity index (χ1) is 8.85. The summed E-state index contributed by atoms with van der Waals surface area (Å²) in [6.45, 7) is 9.41. The second-order valence-electron chi connectivity index (χ2n) is 6.97. The molecule has 1 aliphatic rings. The predicted octanol–water partition coefficient (Wildman–Crippen LogP) is 3.16. The molecule has 3 N–H and O–H groups in total. The fourth-order valence-corrected chi connectivity index (χ4v) is 3.38. The summed E-state index contributed by atoms with van der Waals surface area (Å²) in [6, 6.07) is 0. The third-order valence-electron chi connectivity index (χ3n) is 4.09. The van der Waals surface area contributed by atoms with E-state index >= 15 is 0 Å². The lowest BCUT2D eigenvalue weighted by molar-refractivity contribution is 0.271. The Hall–Kier alpha value is -0.680. The zero-order valence-corrected chi connectivity index (χ0v) is 13.3. The molecule has 1 aromatic rings. The highest BCUT2D eigenvalue weighted by Crippen LogP contribution is 2.35. The van der Waals surface area contributed by atoms with Crippen LogP contribution in [0.4, 0.5) is 5.13 Å². The Morgan fingerprint density at radius 1 is 1.37 bits per heavy atom. The second kappa shape index (κ2) is 5.37. The van der Waals surface area contributed by atoms with E-state index in [1.165, 1.54) is 24.4 Å². The Bertz CT molecular complexity index is 413. The van der Waals surface area contributed by atoms with Gasteiger partial charge in [-0.2, -0.15) is 4.37 Å². The Kier molecular flexibility index (Phi) is 4.16. The maximum atomic E-state index is 6.02. The summed E-state index contributed by atoms with van der Waals surface area (Å²) in [5.41, 5.74) is 6.05. The van der Waals surface area contributed by atoms with Crippen molar-refractivity contribution < 1.29 is 0 Å². The van der Waals surface area contributed by atoms with E-state index in [2.05, 4.69) is 42.4 Å². The molecule has 0 atom stereocenters. The summed E-state index contributed by atoms with van der Waals surface area (Å²) in [5.74, 6) is 1.73. The molecular weight excluding hydrogens is 256 g/mol. The van der Waals surface area contributed by atoms with E-state index in [0.717, 1.165) is 29.7 Å². The first kappa shape index (κ1) is 14.7. The molecule has 19 heavy (non-hydrogen) atoms. The van der Waals surface area contributed by atoms with Gasteiger partial charge in [0.05, 0.1) is 5.54 Å². The van der Waals surface area contributed by atoms with Gasteiger partial charge in [-0.05, 0) is 31.6 Å². The van der Waals surface area contributed by atoms with Crippen molar-refractivity contribution >= 4 is 16.7 Å². The maximum Gasteiger partial charge on any atom is 0.203 e. The van der Waals surface area contributed by atoms with Gasteiger partial charge >= 0.3 is 0 Å². The van der Waals surface area contributed by atoms with Crippen molar-refractivity contribution in [1.29, 1.82) is 0 Å². The summed E-state index contributed by atoms with van der Waals surface area (Å²) in [5, 5.41) is 4.50. The molecule has 1 heterocycles. The number of nitrogens with one attached hydrogen (secondary N) is 1. The van der Waals surface area contributed by atoms with E-state index in [9.17, 15) is 0 Å². The normalized spacial score (nSPS) is 28.4. The van der Waals surface area contributed by atoms with Gasteiger partial charge in [-0.3, -0.25) is 0 Å². The van der Waals surface area contributed by atoms with Crippen LogP contribution < -0.4 is 11.1 Å².